The molecule has 92 valence electrons. The minimum Gasteiger partial charge on any atom is -0.479 e. The third-order valence-corrected chi connectivity index (χ3v) is 2.58. The van der Waals surface area contributed by atoms with E-state index in [0.29, 0.717) is 0 Å². The monoisotopic (exact) mass is 266 g/mol. The minimum absolute atomic E-state index is 0.0210. The summed E-state index contributed by atoms with van der Waals surface area (Å²) in [7, 11) is 1.35. The van der Waals surface area contributed by atoms with Gasteiger partial charge in [0.25, 0.3) is 0 Å². The number of carbonyl (C=O) groups is 1. The molecule has 0 amide bonds. The average molecular weight is 267 g/mol. The van der Waals surface area contributed by atoms with Crippen LogP contribution in [0, 0.1) is 5.82 Å². The largest absolute Gasteiger partial charge is 0.479 e. The van der Waals surface area contributed by atoms with Crippen LogP contribution in [0.2, 0.25) is 5.02 Å². The van der Waals surface area contributed by atoms with Gasteiger partial charge in [0.1, 0.15) is 5.82 Å². The zero-order valence-corrected chi connectivity index (χ0v) is 10.1. The van der Waals surface area contributed by atoms with Crippen molar-refractivity contribution in [3.63, 3.8) is 0 Å². The molecule has 1 aromatic heterocycles. The van der Waals surface area contributed by atoms with Crippen molar-refractivity contribution in [1.29, 1.82) is 0 Å². The number of hydrogen-bond acceptors (Lipinski definition) is 4. The van der Waals surface area contributed by atoms with Crippen LogP contribution in [0.1, 0.15) is 16.1 Å². The molecule has 0 aliphatic heterocycles. The molecule has 0 spiro atoms. The summed E-state index contributed by atoms with van der Waals surface area (Å²) in [6.45, 7) is 0. The van der Waals surface area contributed by atoms with Gasteiger partial charge in [-0.3, -0.25) is 4.79 Å². The van der Waals surface area contributed by atoms with Crippen LogP contribution in [0.15, 0.2) is 30.6 Å². The van der Waals surface area contributed by atoms with E-state index in [4.69, 9.17) is 16.3 Å². The first-order valence-electron chi connectivity index (χ1n) is 4.99. The van der Waals surface area contributed by atoms with Gasteiger partial charge >= 0.3 is 0 Å². The van der Waals surface area contributed by atoms with Gasteiger partial charge in [-0.15, -0.1) is 0 Å². The molecule has 0 unspecified atom stereocenters. The van der Waals surface area contributed by atoms with E-state index in [1.807, 2.05) is 0 Å². The van der Waals surface area contributed by atoms with Gasteiger partial charge < -0.3 is 4.74 Å². The van der Waals surface area contributed by atoms with E-state index in [-0.39, 0.29) is 22.2 Å². The number of ether oxygens (including phenoxy) is 1. The second kappa shape index (κ2) is 5.10. The number of methoxy groups -OCH3 is 1. The third kappa shape index (κ3) is 2.17. The second-order valence-electron chi connectivity index (χ2n) is 3.34. The van der Waals surface area contributed by atoms with Crippen LogP contribution in [0.3, 0.4) is 0 Å². The molecule has 0 saturated heterocycles. The Morgan fingerprint density at radius 2 is 2.06 bits per heavy atom. The van der Waals surface area contributed by atoms with Crippen LogP contribution in [0.25, 0.3) is 0 Å². The van der Waals surface area contributed by atoms with Gasteiger partial charge in [-0.2, -0.15) is 0 Å². The number of nitrogens with zero attached hydrogens (tertiary/aromatic N) is 2. The fraction of sp³-hybridized carbons (Fsp3) is 0.0833. The highest BCUT2D eigenvalue weighted by Crippen LogP contribution is 2.24. The zero-order chi connectivity index (χ0) is 13.1. The number of carbonyl (C=O) groups excluding carboxylic acids is 1. The van der Waals surface area contributed by atoms with E-state index in [1.165, 1.54) is 31.6 Å². The molecule has 18 heavy (non-hydrogen) atoms. The SMILES string of the molecule is COc1nccnc1C(=O)c1c(F)cccc1Cl. The normalized spacial score (nSPS) is 10.2. The summed E-state index contributed by atoms with van der Waals surface area (Å²) in [6, 6.07) is 4.00. The Bertz CT molecular complexity index is 584. The maximum Gasteiger partial charge on any atom is 0.243 e. The van der Waals surface area contributed by atoms with Crippen molar-refractivity contribution >= 4 is 17.4 Å². The summed E-state index contributed by atoms with van der Waals surface area (Å²) in [5, 5.41) is 0.0210. The highest BCUT2D eigenvalue weighted by atomic mass is 35.5. The second-order valence-corrected chi connectivity index (χ2v) is 3.75. The van der Waals surface area contributed by atoms with Crippen LogP contribution in [0.4, 0.5) is 4.39 Å². The van der Waals surface area contributed by atoms with Gasteiger partial charge in [-0.05, 0) is 12.1 Å². The molecule has 0 saturated carbocycles. The third-order valence-electron chi connectivity index (χ3n) is 2.26. The highest BCUT2D eigenvalue weighted by molar-refractivity contribution is 6.35. The fourth-order valence-corrected chi connectivity index (χ4v) is 1.71. The summed E-state index contributed by atoms with van der Waals surface area (Å²) in [5.74, 6) is -1.34. The van der Waals surface area contributed by atoms with Crippen molar-refractivity contribution in [3.05, 3.63) is 52.7 Å². The first kappa shape index (κ1) is 12.4. The molecule has 0 radical (unpaired) electrons. The Morgan fingerprint density at radius 1 is 1.33 bits per heavy atom. The molecule has 2 rings (SSSR count). The molecular formula is C12H8ClFN2O2. The van der Waals surface area contributed by atoms with Crippen molar-refractivity contribution in [2.75, 3.05) is 7.11 Å². The molecule has 2 aromatic rings. The Hall–Kier alpha value is -2.01. The maximum atomic E-state index is 13.6. The summed E-state index contributed by atoms with van der Waals surface area (Å²) in [6.07, 6.45) is 2.70. The van der Waals surface area contributed by atoms with E-state index >= 15 is 0 Å². The lowest BCUT2D eigenvalue weighted by Crippen LogP contribution is -2.10. The predicted molar refractivity (Wildman–Crippen MR) is 63.4 cm³/mol. The number of halogens is 2. The Morgan fingerprint density at radius 3 is 2.72 bits per heavy atom. The first-order chi connectivity index (χ1) is 8.65. The van der Waals surface area contributed by atoms with Gasteiger partial charge in [0.05, 0.1) is 17.7 Å². The zero-order valence-electron chi connectivity index (χ0n) is 9.35. The highest BCUT2D eigenvalue weighted by Gasteiger charge is 2.22. The smallest absolute Gasteiger partial charge is 0.243 e. The van der Waals surface area contributed by atoms with Gasteiger partial charge in [0, 0.05) is 12.4 Å². The molecule has 6 heteroatoms. The summed E-state index contributed by atoms with van der Waals surface area (Å²) < 4.78 is 18.5. The fourth-order valence-electron chi connectivity index (χ4n) is 1.46. The summed E-state index contributed by atoms with van der Waals surface area (Å²) in [5.41, 5.74) is -0.315. The van der Waals surface area contributed by atoms with E-state index in [2.05, 4.69) is 9.97 Å². The molecule has 0 aliphatic carbocycles. The number of benzene rings is 1. The van der Waals surface area contributed by atoms with Gasteiger partial charge in [-0.25, -0.2) is 14.4 Å². The number of aromatic nitrogens is 2. The minimum atomic E-state index is -0.708. The standard InChI is InChI=1S/C12H8ClFN2O2/c1-18-12-10(15-5-6-16-12)11(17)9-7(13)3-2-4-8(9)14/h2-6H,1H3. The van der Waals surface area contributed by atoms with Crippen LogP contribution in [-0.4, -0.2) is 22.9 Å². The molecule has 1 heterocycles. The van der Waals surface area contributed by atoms with Crippen molar-refractivity contribution in [2.24, 2.45) is 0 Å². The van der Waals surface area contributed by atoms with Crippen LogP contribution in [0.5, 0.6) is 5.88 Å². The topological polar surface area (TPSA) is 52.1 Å². The van der Waals surface area contributed by atoms with Gasteiger partial charge in [0.2, 0.25) is 11.7 Å². The number of hydrogen-bond donors (Lipinski definition) is 0. The average Bonchev–Trinajstić information content (AvgIpc) is 2.38. The van der Waals surface area contributed by atoms with E-state index < -0.39 is 11.6 Å². The van der Waals surface area contributed by atoms with E-state index in [1.54, 1.807) is 0 Å². The van der Waals surface area contributed by atoms with Crippen LogP contribution < -0.4 is 4.74 Å². The summed E-state index contributed by atoms with van der Waals surface area (Å²) in [4.78, 5) is 19.8. The lowest BCUT2D eigenvalue weighted by Gasteiger charge is -2.07. The Kier molecular flexibility index (Phi) is 3.53. The quantitative estimate of drug-likeness (QED) is 0.801. The molecule has 0 aliphatic rings. The van der Waals surface area contributed by atoms with Crippen LogP contribution >= 0.6 is 11.6 Å². The van der Waals surface area contributed by atoms with Crippen molar-refractivity contribution in [2.45, 2.75) is 0 Å². The lowest BCUT2D eigenvalue weighted by atomic mass is 10.1. The number of ketones is 1. The van der Waals surface area contributed by atoms with E-state index in [9.17, 15) is 9.18 Å². The predicted octanol–water partition coefficient (Wildman–Crippen LogP) is 2.51. The molecule has 0 N–H and O–H groups in total. The molecule has 0 atom stereocenters. The molecular weight excluding hydrogens is 259 g/mol. The van der Waals surface area contributed by atoms with Gasteiger partial charge in [0.15, 0.2) is 5.69 Å². The van der Waals surface area contributed by atoms with Crippen molar-refractivity contribution in [1.82, 2.24) is 9.97 Å². The summed E-state index contributed by atoms with van der Waals surface area (Å²) >= 11 is 5.82. The maximum absolute atomic E-state index is 13.6. The van der Waals surface area contributed by atoms with Crippen LogP contribution in [-0.2, 0) is 0 Å². The Balaban J connectivity index is 2.55. The lowest BCUT2D eigenvalue weighted by molar-refractivity contribution is 0.102. The molecule has 0 bridgehead atoms. The molecule has 0 fully saturated rings. The Labute approximate surface area is 107 Å². The van der Waals surface area contributed by atoms with E-state index in [0.717, 1.165) is 6.07 Å². The van der Waals surface area contributed by atoms with Crippen molar-refractivity contribution < 1.29 is 13.9 Å². The first-order valence-corrected chi connectivity index (χ1v) is 5.36. The number of rotatable bonds is 3. The molecule has 4 nitrogen and oxygen atoms in total. The van der Waals surface area contributed by atoms with Crippen molar-refractivity contribution in [3.8, 4) is 5.88 Å². The molecule has 1 aromatic carbocycles. The van der Waals surface area contributed by atoms with Gasteiger partial charge in [-0.1, -0.05) is 17.7 Å².